The van der Waals surface area contributed by atoms with E-state index in [-0.39, 0.29) is 11.8 Å². The average molecular weight is 300 g/mol. The van der Waals surface area contributed by atoms with Gasteiger partial charge in [0.1, 0.15) is 11.5 Å². The summed E-state index contributed by atoms with van der Waals surface area (Å²) in [5.74, 6) is 0.734. The molecule has 1 unspecified atom stereocenters. The fraction of sp³-hybridized carbons (Fsp3) is 0.235. The lowest BCUT2D eigenvalue weighted by atomic mass is 10.1. The molecule has 0 spiro atoms. The number of rotatable bonds is 4. The van der Waals surface area contributed by atoms with Gasteiger partial charge in [0.2, 0.25) is 0 Å². The maximum Gasteiger partial charge on any atom is 0.322 e. The Morgan fingerprint density at radius 2 is 1.82 bits per heavy atom. The first-order chi connectivity index (χ1) is 10.4. The quantitative estimate of drug-likeness (QED) is 0.756. The predicted molar refractivity (Wildman–Crippen MR) is 86.3 cm³/mol. The van der Waals surface area contributed by atoms with Crippen LogP contribution in [-0.4, -0.2) is 17.4 Å². The summed E-state index contributed by atoms with van der Waals surface area (Å²) in [6.45, 7) is 5.68. The van der Waals surface area contributed by atoms with E-state index in [9.17, 15) is 9.90 Å². The van der Waals surface area contributed by atoms with Gasteiger partial charge >= 0.3 is 6.03 Å². The van der Waals surface area contributed by atoms with E-state index in [0.717, 1.165) is 16.8 Å². The predicted octanol–water partition coefficient (Wildman–Crippen LogP) is 3.56. The van der Waals surface area contributed by atoms with Crippen LogP contribution in [0.15, 0.2) is 42.5 Å². The van der Waals surface area contributed by atoms with E-state index in [2.05, 4.69) is 10.6 Å². The Kier molecular flexibility index (Phi) is 4.88. The molecule has 2 rings (SSSR count). The van der Waals surface area contributed by atoms with Crippen LogP contribution < -0.4 is 15.4 Å². The van der Waals surface area contributed by atoms with Crippen molar-refractivity contribution in [1.29, 1.82) is 0 Å². The summed E-state index contributed by atoms with van der Waals surface area (Å²) in [6.07, 6.45) is -0.504. The number of phenolic OH excluding ortho intramolecular Hbond substituents is 1. The standard InChI is InChI=1S/C17H20N2O3/c1-11-4-9-16(12(2)10-11)19-17(21)18-13(3)22-15-7-5-14(20)6-8-15/h4-10,13,20H,1-3H3,(H2,18,19,21). The molecule has 3 N–H and O–H groups in total. The zero-order chi connectivity index (χ0) is 16.1. The topological polar surface area (TPSA) is 70.6 Å². The minimum absolute atomic E-state index is 0.167. The van der Waals surface area contributed by atoms with Crippen LogP contribution in [0.25, 0.3) is 0 Å². The van der Waals surface area contributed by atoms with Crippen LogP contribution in [-0.2, 0) is 0 Å². The molecular formula is C17H20N2O3. The van der Waals surface area contributed by atoms with Crippen LogP contribution in [0.1, 0.15) is 18.1 Å². The number of hydrogen-bond acceptors (Lipinski definition) is 3. The minimum Gasteiger partial charge on any atom is -0.508 e. The molecule has 5 nitrogen and oxygen atoms in total. The van der Waals surface area contributed by atoms with Gasteiger partial charge in [-0.2, -0.15) is 0 Å². The summed E-state index contributed by atoms with van der Waals surface area (Å²) < 4.78 is 5.54. The molecular weight excluding hydrogens is 280 g/mol. The second-order valence-corrected chi connectivity index (χ2v) is 5.17. The molecule has 2 aromatic carbocycles. The van der Waals surface area contributed by atoms with E-state index in [1.807, 2.05) is 32.0 Å². The van der Waals surface area contributed by atoms with Gasteiger partial charge < -0.3 is 20.5 Å². The van der Waals surface area contributed by atoms with Crippen molar-refractivity contribution in [2.24, 2.45) is 0 Å². The molecule has 0 aliphatic heterocycles. The van der Waals surface area contributed by atoms with Gasteiger partial charge in [0.25, 0.3) is 0 Å². The van der Waals surface area contributed by atoms with Crippen molar-refractivity contribution in [2.45, 2.75) is 27.0 Å². The first-order valence-electron chi connectivity index (χ1n) is 7.04. The second kappa shape index (κ2) is 6.85. The Morgan fingerprint density at radius 3 is 2.45 bits per heavy atom. The number of benzene rings is 2. The third-order valence-corrected chi connectivity index (χ3v) is 3.11. The molecule has 0 aliphatic carbocycles. The fourth-order valence-corrected chi connectivity index (χ4v) is 2.06. The van der Waals surface area contributed by atoms with Gasteiger partial charge in [-0.25, -0.2) is 4.79 Å². The van der Waals surface area contributed by atoms with Gasteiger partial charge in [0, 0.05) is 5.69 Å². The first-order valence-corrected chi connectivity index (χ1v) is 7.04. The molecule has 0 saturated carbocycles. The largest absolute Gasteiger partial charge is 0.508 e. The van der Waals surface area contributed by atoms with Crippen molar-refractivity contribution in [3.05, 3.63) is 53.6 Å². The fourth-order valence-electron chi connectivity index (χ4n) is 2.06. The van der Waals surface area contributed by atoms with E-state index >= 15 is 0 Å². The van der Waals surface area contributed by atoms with Gasteiger partial charge in [-0.15, -0.1) is 0 Å². The number of carbonyl (C=O) groups is 1. The third kappa shape index (κ3) is 4.41. The summed E-state index contributed by atoms with van der Waals surface area (Å²) in [5.41, 5.74) is 2.91. The number of anilines is 1. The number of aromatic hydroxyl groups is 1. The minimum atomic E-state index is -0.504. The monoisotopic (exact) mass is 300 g/mol. The number of amides is 2. The smallest absolute Gasteiger partial charge is 0.322 e. The maximum atomic E-state index is 12.0. The molecule has 2 amide bonds. The number of phenols is 1. The summed E-state index contributed by atoms with van der Waals surface area (Å²) in [6, 6.07) is 11.8. The third-order valence-electron chi connectivity index (χ3n) is 3.11. The van der Waals surface area contributed by atoms with Crippen LogP contribution in [0, 0.1) is 13.8 Å². The molecule has 2 aromatic rings. The Hall–Kier alpha value is -2.69. The molecule has 0 bridgehead atoms. The van der Waals surface area contributed by atoms with Crippen molar-refractivity contribution in [2.75, 3.05) is 5.32 Å². The lowest BCUT2D eigenvalue weighted by molar-refractivity contribution is 0.183. The molecule has 0 aliphatic rings. The van der Waals surface area contributed by atoms with Crippen molar-refractivity contribution < 1.29 is 14.6 Å². The van der Waals surface area contributed by atoms with Crippen molar-refractivity contribution in [3.63, 3.8) is 0 Å². The summed E-state index contributed by atoms with van der Waals surface area (Å²) >= 11 is 0. The Bertz CT molecular complexity index is 653. The van der Waals surface area contributed by atoms with E-state index in [1.54, 1.807) is 19.1 Å². The summed E-state index contributed by atoms with van der Waals surface area (Å²) in [7, 11) is 0. The van der Waals surface area contributed by atoms with Crippen LogP contribution >= 0.6 is 0 Å². The van der Waals surface area contributed by atoms with Gasteiger partial charge in [-0.05, 0) is 56.7 Å². The molecule has 0 radical (unpaired) electrons. The zero-order valence-corrected chi connectivity index (χ0v) is 12.9. The van der Waals surface area contributed by atoms with Crippen molar-refractivity contribution in [3.8, 4) is 11.5 Å². The number of aryl methyl sites for hydroxylation is 2. The molecule has 0 aromatic heterocycles. The Morgan fingerprint density at radius 1 is 1.14 bits per heavy atom. The molecule has 116 valence electrons. The highest BCUT2D eigenvalue weighted by Gasteiger charge is 2.10. The van der Waals surface area contributed by atoms with Crippen molar-refractivity contribution in [1.82, 2.24) is 5.32 Å². The van der Waals surface area contributed by atoms with E-state index in [1.165, 1.54) is 12.1 Å². The highest BCUT2D eigenvalue weighted by atomic mass is 16.5. The number of hydrogen-bond donors (Lipinski definition) is 3. The van der Waals surface area contributed by atoms with Crippen LogP contribution in [0.4, 0.5) is 10.5 Å². The molecule has 0 heterocycles. The maximum absolute atomic E-state index is 12.0. The van der Waals surface area contributed by atoms with Crippen LogP contribution in [0.2, 0.25) is 0 Å². The summed E-state index contributed by atoms with van der Waals surface area (Å²) in [4.78, 5) is 12.0. The van der Waals surface area contributed by atoms with Gasteiger partial charge in [-0.3, -0.25) is 0 Å². The highest BCUT2D eigenvalue weighted by molar-refractivity contribution is 5.90. The Balaban J connectivity index is 1.89. The zero-order valence-electron chi connectivity index (χ0n) is 12.9. The van der Waals surface area contributed by atoms with Crippen LogP contribution in [0.5, 0.6) is 11.5 Å². The van der Waals surface area contributed by atoms with E-state index < -0.39 is 6.23 Å². The van der Waals surface area contributed by atoms with Gasteiger partial charge in [0.05, 0.1) is 0 Å². The van der Waals surface area contributed by atoms with Gasteiger partial charge in [0.15, 0.2) is 6.23 Å². The highest BCUT2D eigenvalue weighted by Crippen LogP contribution is 2.17. The van der Waals surface area contributed by atoms with E-state index in [0.29, 0.717) is 5.75 Å². The number of carbonyl (C=O) groups excluding carboxylic acids is 1. The lowest BCUT2D eigenvalue weighted by Gasteiger charge is -2.17. The normalized spacial score (nSPS) is 11.6. The molecule has 5 heteroatoms. The molecule has 1 atom stereocenters. The molecule has 0 fully saturated rings. The second-order valence-electron chi connectivity index (χ2n) is 5.17. The number of nitrogens with one attached hydrogen (secondary N) is 2. The Labute approximate surface area is 129 Å². The number of ether oxygens (including phenoxy) is 1. The van der Waals surface area contributed by atoms with Crippen molar-refractivity contribution >= 4 is 11.7 Å². The summed E-state index contributed by atoms with van der Waals surface area (Å²) in [5, 5.41) is 14.7. The average Bonchev–Trinajstić information content (AvgIpc) is 2.44. The lowest BCUT2D eigenvalue weighted by Crippen LogP contribution is -2.39. The first kappa shape index (κ1) is 15.7. The molecule has 0 saturated heterocycles. The van der Waals surface area contributed by atoms with E-state index in [4.69, 9.17) is 4.74 Å². The molecule has 22 heavy (non-hydrogen) atoms. The van der Waals surface area contributed by atoms with Gasteiger partial charge in [-0.1, -0.05) is 17.7 Å². The number of urea groups is 1. The van der Waals surface area contributed by atoms with Crippen LogP contribution in [0.3, 0.4) is 0 Å². The SMILES string of the molecule is Cc1ccc(NC(=O)NC(C)Oc2ccc(O)cc2)c(C)c1.